The van der Waals surface area contributed by atoms with Crippen LogP contribution >= 0.6 is 0 Å². The lowest BCUT2D eigenvalue weighted by Gasteiger charge is -2.24. The van der Waals surface area contributed by atoms with Crippen molar-refractivity contribution in [1.29, 1.82) is 0 Å². The molecule has 2 unspecified atom stereocenters. The lowest BCUT2D eigenvalue weighted by molar-refractivity contribution is -0.122. The molecule has 0 spiro atoms. The molecule has 0 aliphatic carbocycles. The maximum absolute atomic E-state index is 12.6. The zero-order valence-electron chi connectivity index (χ0n) is 32.8. The zero-order valence-corrected chi connectivity index (χ0v) is 32.8. The van der Waals surface area contributed by atoms with Crippen molar-refractivity contribution < 1.29 is 9.59 Å². The fourth-order valence-electron chi connectivity index (χ4n) is 6.61. The van der Waals surface area contributed by atoms with Crippen LogP contribution in [0.25, 0.3) is 0 Å². The van der Waals surface area contributed by atoms with Crippen LogP contribution in [0.2, 0.25) is 0 Å². The Balaban J connectivity index is 3.91. The second kappa shape index (κ2) is 34.7. The van der Waals surface area contributed by atoms with Crippen molar-refractivity contribution in [2.75, 3.05) is 39.3 Å². The van der Waals surface area contributed by atoms with Crippen LogP contribution in [0.1, 0.15) is 202 Å². The highest BCUT2D eigenvalue weighted by Crippen LogP contribution is 2.13. The van der Waals surface area contributed by atoms with Gasteiger partial charge >= 0.3 is 0 Å². The maximum atomic E-state index is 12.6. The lowest BCUT2D eigenvalue weighted by Crippen LogP contribution is -2.37. The molecule has 0 saturated heterocycles. The monoisotopic (exact) mass is 665 g/mol. The first-order valence-electron chi connectivity index (χ1n) is 20.9. The van der Waals surface area contributed by atoms with E-state index in [-0.39, 0.29) is 23.9 Å². The third-order valence-electron chi connectivity index (χ3n) is 9.95. The van der Waals surface area contributed by atoms with Crippen LogP contribution in [0.4, 0.5) is 0 Å². The van der Waals surface area contributed by atoms with Gasteiger partial charge in [0.2, 0.25) is 11.8 Å². The van der Waals surface area contributed by atoms with E-state index in [4.69, 9.17) is 0 Å². The molecule has 2 atom stereocenters. The number of carbonyl (C=O) groups excluding carboxylic acids is 2. The molecule has 0 bridgehead atoms. The van der Waals surface area contributed by atoms with E-state index in [0.717, 1.165) is 58.5 Å². The molecule has 6 heteroatoms. The van der Waals surface area contributed by atoms with Gasteiger partial charge in [-0.25, -0.2) is 0 Å². The summed E-state index contributed by atoms with van der Waals surface area (Å²) in [6.45, 7) is 18.8. The summed E-state index contributed by atoms with van der Waals surface area (Å²) in [6.07, 6.45) is 31.4. The van der Waals surface area contributed by atoms with E-state index < -0.39 is 0 Å². The van der Waals surface area contributed by atoms with Gasteiger partial charge in [-0.3, -0.25) is 9.59 Å². The van der Waals surface area contributed by atoms with Gasteiger partial charge < -0.3 is 20.4 Å². The molecule has 0 heterocycles. The molecular formula is C41H84N4O2. The van der Waals surface area contributed by atoms with Crippen LogP contribution in [0.15, 0.2) is 0 Å². The number of nitrogens with zero attached hydrogens (tertiary/aromatic N) is 2. The van der Waals surface area contributed by atoms with Crippen LogP contribution in [0.5, 0.6) is 0 Å². The number of nitrogens with one attached hydrogen (secondary N) is 2. The summed E-state index contributed by atoms with van der Waals surface area (Å²) in [5.41, 5.74) is 0. The lowest BCUT2D eigenvalue weighted by atomic mass is 10.0. The minimum atomic E-state index is 0.187. The van der Waals surface area contributed by atoms with Gasteiger partial charge in [-0.05, 0) is 59.3 Å². The average molecular weight is 665 g/mol. The van der Waals surface area contributed by atoms with Crippen molar-refractivity contribution in [3.63, 3.8) is 0 Å². The van der Waals surface area contributed by atoms with Crippen molar-refractivity contribution >= 4 is 11.8 Å². The number of unbranched alkanes of at least 4 members (excludes halogenated alkanes) is 18. The minimum Gasteiger partial charge on any atom is -0.354 e. The second-order valence-electron chi connectivity index (χ2n) is 14.6. The fourth-order valence-corrected chi connectivity index (χ4v) is 6.61. The highest BCUT2D eigenvalue weighted by molar-refractivity contribution is 5.76. The van der Waals surface area contributed by atoms with Crippen molar-refractivity contribution in [3.05, 3.63) is 0 Å². The quantitative estimate of drug-likeness (QED) is 0.0654. The standard InChI is InChI=1S/C41H84N4O2/c1-7-11-13-15-17-19-21-23-25-27-30-38(5)42-40(46)32-36-44(9-3)34-29-35-45(10-4)37-33-41(47)43-39(6)31-28-26-24-22-20-18-16-14-12-8-2/h38-39H,7-37H2,1-6H3,(H,42,46)(H,43,47). The summed E-state index contributed by atoms with van der Waals surface area (Å²) in [4.78, 5) is 29.9. The van der Waals surface area contributed by atoms with Gasteiger partial charge in [0.15, 0.2) is 0 Å². The molecule has 0 aromatic carbocycles. The summed E-state index contributed by atoms with van der Waals surface area (Å²) >= 11 is 0. The van der Waals surface area contributed by atoms with Crippen LogP contribution in [-0.2, 0) is 9.59 Å². The summed E-state index contributed by atoms with van der Waals surface area (Å²) < 4.78 is 0. The Kier molecular flexibility index (Phi) is 33.9. The highest BCUT2D eigenvalue weighted by atomic mass is 16.2. The summed E-state index contributed by atoms with van der Waals surface area (Å²) in [5, 5.41) is 6.46. The molecule has 0 aromatic heterocycles. The molecule has 47 heavy (non-hydrogen) atoms. The first-order valence-corrected chi connectivity index (χ1v) is 20.9. The Hall–Kier alpha value is -1.14. The summed E-state index contributed by atoms with van der Waals surface area (Å²) in [7, 11) is 0. The van der Waals surface area contributed by atoms with E-state index >= 15 is 0 Å². The topological polar surface area (TPSA) is 64.7 Å². The van der Waals surface area contributed by atoms with Crippen LogP contribution < -0.4 is 10.6 Å². The van der Waals surface area contributed by atoms with E-state index in [1.807, 2.05) is 0 Å². The van der Waals surface area contributed by atoms with Gasteiger partial charge in [-0.2, -0.15) is 0 Å². The van der Waals surface area contributed by atoms with Crippen LogP contribution in [0.3, 0.4) is 0 Å². The maximum Gasteiger partial charge on any atom is 0.221 e. The zero-order chi connectivity index (χ0) is 34.8. The number of carbonyl (C=O) groups is 2. The molecule has 0 aliphatic heterocycles. The summed E-state index contributed by atoms with van der Waals surface area (Å²) in [5.74, 6) is 0.373. The van der Waals surface area contributed by atoms with E-state index in [1.165, 1.54) is 128 Å². The smallest absolute Gasteiger partial charge is 0.221 e. The van der Waals surface area contributed by atoms with Crippen LogP contribution in [0, 0.1) is 0 Å². The number of hydrogen-bond acceptors (Lipinski definition) is 4. The molecule has 2 N–H and O–H groups in total. The second-order valence-corrected chi connectivity index (χ2v) is 14.6. The van der Waals surface area contributed by atoms with E-state index in [1.54, 1.807) is 0 Å². The molecule has 6 nitrogen and oxygen atoms in total. The van der Waals surface area contributed by atoms with Gasteiger partial charge in [-0.1, -0.05) is 156 Å². The van der Waals surface area contributed by atoms with E-state index in [2.05, 4.69) is 62.0 Å². The minimum absolute atomic E-state index is 0.187. The molecule has 0 radical (unpaired) electrons. The first kappa shape index (κ1) is 45.9. The number of hydrogen-bond donors (Lipinski definition) is 2. The fraction of sp³-hybridized carbons (Fsp3) is 0.951. The Morgan fingerprint density at radius 3 is 1.02 bits per heavy atom. The molecule has 280 valence electrons. The largest absolute Gasteiger partial charge is 0.354 e. The van der Waals surface area contributed by atoms with Crippen molar-refractivity contribution in [2.45, 2.75) is 214 Å². The molecule has 2 amide bonds. The van der Waals surface area contributed by atoms with E-state index in [9.17, 15) is 9.59 Å². The number of amides is 2. The predicted octanol–water partition coefficient (Wildman–Crippen LogP) is 10.4. The highest BCUT2D eigenvalue weighted by Gasteiger charge is 2.12. The third kappa shape index (κ3) is 31.9. The molecule has 0 aromatic rings. The SMILES string of the molecule is CCCCCCCCCCCCC(C)NC(=O)CCN(CC)CCCN(CC)CCC(=O)NC(C)CCCCCCCCCCCC. The molecule has 0 rings (SSSR count). The van der Waals surface area contributed by atoms with Crippen molar-refractivity contribution in [2.24, 2.45) is 0 Å². The van der Waals surface area contributed by atoms with Crippen molar-refractivity contribution in [3.8, 4) is 0 Å². The predicted molar refractivity (Wildman–Crippen MR) is 206 cm³/mol. The van der Waals surface area contributed by atoms with Crippen LogP contribution in [-0.4, -0.2) is 73.0 Å². The molecule has 0 saturated carbocycles. The first-order chi connectivity index (χ1) is 22.9. The van der Waals surface area contributed by atoms with Gasteiger partial charge in [0, 0.05) is 38.0 Å². The van der Waals surface area contributed by atoms with Crippen molar-refractivity contribution in [1.82, 2.24) is 20.4 Å². The third-order valence-corrected chi connectivity index (χ3v) is 9.95. The normalized spacial score (nSPS) is 12.9. The molecular weight excluding hydrogens is 580 g/mol. The van der Waals surface area contributed by atoms with Gasteiger partial charge in [0.25, 0.3) is 0 Å². The Morgan fingerprint density at radius 1 is 0.426 bits per heavy atom. The Labute approximate surface area is 294 Å². The van der Waals surface area contributed by atoms with E-state index in [0.29, 0.717) is 12.8 Å². The Bertz CT molecular complexity index is 632. The van der Waals surface area contributed by atoms with Gasteiger partial charge in [-0.15, -0.1) is 0 Å². The Morgan fingerprint density at radius 2 is 0.723 bits per heavy atom. The summed E-state index contributed by atoms with van der Waals surface area (Å²) in [6, 6.07) is 0.536. The van der Waals surface area contributed by atoms with Gasteiger partial charge in [0.1, 0.15) is 0 Å². The average Bonchev–Trinajstić information content (AvgIpc) is 3.05. The molecule has 0 fully saturated rings. The number of rotatable bonds is 36. The van der Waals surface area contributed by atoms with Gasteiger partial charge in [0.05, 0.1) is 0 Å². The molecule has 0 aliphatic rings.